The first kappa shape index (κ1) is 17.2. The predicted octanol–water partition coefficient (Wildman–Crippen LogP) is 2.30. The monoisotopic (exact) mass is 293 g/mol. The van der Waals surface area contributed by atoms with Gasteiger partial charge in [0.05, 0.1) is 11.2 Å². The lowest BCUT2D eigenvalue weighted by atomic mass is 9.95. The molecule has 0 saturated carbocycles. The van der Waals surface area contributed by atoms with Gasteiger partial charge in [0.25, 0.3) is 5.91 Å². The molecular weight excluding hydrogens is 270 g/mol. The Morgan fingerprint density at radius 3 is 2.48 bits per heavy atom. The minimum Gasteiger partial charge on any atom is -0.478 e. The van der Waals surface area contributed by atoms with E-state index in [0.29, 0.717) is 12.3 Å². The van der Waals surface area contributed by atoms with Gasteiger partial charge in [-0.05, 0) is 43.9 Å². The number of hydrogen-bond donors (Lipinski definition) is 3. The van der Waals surface area contributed by atoms with E-state index in [1.54, 1.807) is 13.0 Å². The summed E-state index contributed by atoms with van der Waals surface area (Å²) in [5, 5.41) is 21.7. The van der Waals surface area contributed by atoms with Crippen molar-refractivity contribution in [3.8, 4) is 0 Å². The highest BCUT2D eigenvalue weighted by atomic mass is 16.4. The summed E-state index contributed by atoms with van der Waals surface area (Å²) in [6.07, 6.45) is 1.47. The lowest BCUT2D eigenvalue weighted by Gasteiger charge is -2.24. The molecule has 0 fully saturated rings. The van der Waals surface area contributed by atoms with Crippen LogP contribution in [0.25, 0.3) is 0 Å². The molecule has 116 valence electrons. The van der Waals surface area contributed by atoms with Crippen molar-refractivity contribution in [2.24, 2.45) is 5.92 Å². The van der Waals surface area contributed by atoms with E-state index in [9.17, 15) is 14.7 Å². The molecule has 0 aromatic heterocycles. The van der Waals surface area contributed by atoms with E-state index in [4.69, 9.17) is 5.11 Å². The Kier molecular flexibility index (Phi) is 5.90. The standard InChI is InChI=1S/C16H23NO4/c1-11(2)7-8-16(3,21)10-17-14(18)12-5-4-6-13(9-12)15(19)20/h4-6,9,11,21H,7-8,10H2,1-3H3,(H,17,18)(H,19,20). The van der Waals surface area contributed by atoms with Crippen molar-refractivity contribution in [2.75, 3.05) is 6.54 Å². The van der Waals surface area contributed by atoms with Gasteiger partial charge in [-0.3, -0.25) is 4.79 Å². The molecule has 1 unspecified atom stereocenters. The van der Waals surface area contributed by atoms with Gasteiger partial charge in [0.15, 0.2) is 0 Å². The highest BCUT2D eigenvalue weighted by molar-refractivity contribution is 5.97. The minimum absolute atomic E-state index is 0.0641. The molecule has 1 amide bonds. The van der Waals surface area contributed by atoms with Crippen LogP contribution in [0, 0.1) is 5.92 Å². The lowest BCUT2D eigenvalue weighted by molar-refractivity contribution is 0.0429. The van der Waals surface area contributed by atoms with Crippen molar-refractivity contribution in [3.63, 3.8) is 0 Å². The Balaban J connectivity index is 2.61. The quantitative estimate of drug-likeness (QED) is 0.720. The molecule has 21 heavy (non-hydrogen) atoms. The molecule has 1 rings (SSSR count). The van der Waals surface area contributed by atoms with Gasteiger partial charge in [0.2, 0.25) is 0 Å². The van der Waals surface area contributed by atoms with Crippen LogP contribution in [-0.2, 0) is 0 Å². The van der Waals surface area contributed by atoms with Crippen LogP contribution < -0.4 is 5.32 Å². The third-order valence-corrected chi connectivity index (χ3v) is 3.26. The summed E-state index contributed by atoms with van der Waals surface area (Å²) in [5.41, 5.74) is -0.631. The Bertz CT molecular complexity index is 509. The average Bonchev–Trinajstić information content (AvgIpc) is 2.43. The number of nitrogens with one attached hydrogen (secondary N) is 1. The molecule has 1 atom stereocenters. The first-order valence-electron chi connectivity index (χ1n) is 7.05. The molecule has 3 N–H and O–H groups in total. The Hall–Kier alpha value is -1.88. The summed E-state index contributed by atoms with van der Waals surface area (Å²) < 4.78 is 0. The van der Waals surface area contributed by atoms with Gasteiger partial charge in [0, 0.05) is 12.1 Å². The molecule has 0 radical (unpaired) electrons. The Morgan fingerprint density at radius 2 is 1.90 bits per heavy atom. The molecule has 0 spiro atoms. The van der Waals surface area contributed by atoms with Gasteiger partial charge >= 0.3 is 5.97 Å². The van der Waals surface area contributed by atoms with Crippen molar-refractivity contribution in [2.45, 2.75) is 39.2 Å². The van der Waals surface area contributed by atoms with Crippen molar-refractivity contribution in [1.82, 2.24) is 5.32 Å². The summed E-state index contributed by atoms with van der Waals surface area (Å²) in [7, 11) is 0. The van der Waals surface area contributed by atoms with Gasteiger partial charge in [-0.2, -0.15) is 0 Å². The number of carboxylic acid groups (broad SMARTS) is 1. The maximum Gasteiger partial charge on any atom is 0.335 e. The van der Waals surface area contributed by atoms with Crippen LogP contribution in [0.5, 0.6) is 0 Å². The van der Waals surface area contributed by atoms with Crippen molar-refractivity contribution >= 4 is 11.9 Å². The number of benzene rings is 1. The van der Waals surface area contributed by atoms with E-state index >= 15 is 0 Å². The zero-order chi connectivity index (χ0) is 16.0. The maximum atomic E-state index is 12.0. The fourth-order valence-electron chi connectivity index (χ4n) is 1.85. The van der Waals surface area contributed by atoms with E-state index < -0.39 is 11.6 Å². The molecule has 1 aromatic carbocycles. The largest absolute Gasteiger partial charge is 0.478 e. The van der Waals surface area contributed by atoms with Gasteiger partial charge in [-0.15, -0.1) is 0 Å². The van der Waals surface area contributed by atoms with Crippen molar-refractivity contribution in [1.29, 1.82) is 0 Å². The number of amides is 1. The molecule has 0 aliphatic heterocycles. The number of carboxylic acids is 1. The van der Waals surface area contributed by atoms with Crippen LogP contribution in [0.3, 0.4) is 0 Å². The van der Waals surface area contributed by atoms with Gasteiger partial charge < -0.3 is 15.5 Å². The van der Waals surface area contributed by atoms with E-state index in [-0.39, 0.29) is 23.6 Å². The Labute approximate surface area is 125 Å². The van der Waals surface area contributed by atoms with Crippen molar-refractivity contribution in [3.05, 3.63) is 35.4 Å². The van der Waals surface area contributed by atoms with E-state index in [1.807, 2.05) is 0 Å². The van der Waals surface area contributed by atoms with Crippen LogP contribution >= 0.6 is 0 Å². The van der Waals surface area contributed by atoms with E-state index in [2.05, 4.69) is 19.2 Å². The SMILES string of the molecule is CC(C)CCC(C)(O)CNC(=O)c1cccc(C(=O)O)c1. The summed E-state index contributed by atoms with van der Waals surface area (Å²) >= 11 is 0. The fraction of sp³-hybridized carbons (Fsp3) is 0.500. The topological polar surface area (TPSA) is 86.6 Å². The van der Waals surface area contributed by atoms with E-state index in [0.717, 1.165) is 6.42 Å². The molecule has 0 saturated heterocycles. The first-order chi connectivity index (χ1) is 9.71. The maximum absolute atomic E-state index is 12.0. The van der Waals surface area contributed by atoms with Crippen LogP contribution in [0.4, 0.5) is 0 Å². The van der Waals surface area contributed by atoms with Crippen LogP contribution in [0.1, 0.15) is 54.3 Å². The highest BCUT2D eigenvalue weighted by Gasteiger charge is 2.21. The molecule has 0 aliphatic rings. The summed E-state index contributed by atoms with van der Waals surface area (Å²) in [6, 6.07) is 5.82. The smallest absolute Gasteiger partial charge is 0.335 e. The van der Waals surface area contributed by atoms with Crippen LogP contribution in [0.2, 0.25) is 0 Å². The van der Waals surface area contributed by atoms with Gasteiger partial charge in [-0.25, -0.2) is 4.79 Å². The van der Waals surface area contributed by atoms with E-state index in [1.165, 1.54) is 18.2 Å². The zero-order valence-corrected chi connectivity index (χ0v) is 12.7. The fourth-order valence-corrected chi connectivity index (χ4v) is 1.85. The number of rotatable bonds is 7. The molecule has 0 aliphatic carbocycles. The second-order valence-corrected chi connectivity index (χ2v) is 6.00. The number of hydrogen-bond acceptors (Lipinski definition) is 3. The summed E-state index contributed by atoms with van der Waals surface area (Å²) in [6.45, 7) is 5.97. The molecule has 5 heteroatoms. The minimum atomic E-state index is -1.08. The third-order valence-electron chi connectivity index (χ3n) is 3.26. The number of carbonyl (C=O) groups excluding carboxylic acids is 1. The predicted molar refractivity (Wildman–Crippen MR) is 80.4 cm³/mol. The number of carbonyl (C=O) groups is 2. The second kappa shape index (κ2) is 7.22. The lowest BCUT2D eigenvalue weighted by Crippen LogP contribution is -2.40. The van der Waals surface area contributed by atoms with Crippen LogP contribution in [0.15, 0.2) is 24.3 Å². The summed E-state index contributed by atoms with van der Waals surface area (Å²) in [5.74, 6) is -0.976. The molecule has 0 heterocycles. The summed E-state index contributed by atoms with van der Waals surface area (Å²) in [4.78, 5) is 22.9. The first-order valence-corrected chi connectivity index (χ1v) is 7.05. The van der Waals surface area contributed by atoms with Crippen LogP contribution in [-0.4, -0.2) is 34.2 Å². The van der Waals surface area contributed by atoms with Gasteiger partial charge in [0.1, 0.15) is 0 Å². The molecule has 5 nitrogen and oxygen atoms in total. The zero-order valence-electron chi connectivity index (χ0n) is 12.7. The number of aliphatic hydroxyl groups is 1. The van der Waals surface area contributed by atoms with Gasteiger partial charge in [-0.1, -0.05) is 19.9 Å². The molecule has 0 bridgehead atoms. The molecule has 1 aromatic rings. The third kappa shape index (κ3) is 5.95. The Morgan fingerprint density at radius 1 is 1.29 bits per heavy atom. The number of aromatic carboxylic acids is 1. The average molecular weight is 293 g/mol. The highest BCUT2D eigenvalue weighted by Crippen LogP contribution is 2.15. The van der Waals surface area contributed by atoms with Crippen molar-refractivity contribution < 1.29 is 19.8 Å². The normalized spacial score (nSPS) is 13.8. The molecular formula is C16H23NO4. The second-order valence-electron chi connectivity index (χ2n) is 6.00.